The minimum absolute atomic E-state index is 0.0713. The molecule has 0 aliphatic heterocycles. The third kappa shape index (κ3) is 5.92. The molecule has 0 unspecified atom stereocenters. The summed E-state index contributed by atoms with van der Waals surface area (Å²) in [7, 11) is 3.19. The van der Waals surface area contributed by atoms with Gasteiger partial charge in [-0.2, -0.15) is 0 Å². The second-order valence-electron chi connectivity index (χ2n) is 3.90. The van der Waals surface area contributed by atoms with E-state index in [0.717, 1.165) is 11.3 Å². The second-order valence-corrected chi connectivity index (χ2v) is 4.34. The van der Waals surface area contributed by atoms with Crippen molar-refractivity contribution in [3.05, 3.63) is 28.8 Å². The van der Waals surface area contributed by atoms with E-state index in [1.807, 2.05) is 6.07 Å². The SMILES string of the molecule is COCCNC(=O)CNCc1cc(Cl)ccc1OC. The molecule has 0 heterocycles. The highest BCUT2D eigenvalue weighted by Gasteiger charge is 2.05. The molecule has 19 heavy (non-hydrogen) atoms. The molecule has 5 nitrogen and oxygen atoms in total. The topological polar surface area (TPSA) is 59.6 Å². The van der Waals surface area contributed by atoms with Gasteiger partial charge in [0.05, 0.1) is 20.3 Å². The van der Waals surface area contributed by atoms with Crippen LogP contribution in [0.4, 0.5) is 0 Å². The molecule has 106 valence electrons. The van der Waals surface area contributed by atoms with Crippen LogP contribution in [0.3, 0.4) is 0 Å². The normalized spacial score (nSPS) is 10.3. The van der Waals surface area contributed by atoms with Gasteiger partial charge in [0.25, 0.3) is 0 Å². The van der Waals surface area contributed by atoms with Crippen molar-refractivity contribution in [2.24, 2.45) is 0 Å². The molecule has 0 atom stereocenters. The van der Waals surface area contributed by atoms with Gasteiger partial charge in [-0.05, 0) is 18.2 Å². The molecule has 1 amide bonds. The maximum absolute atomic E-state index is 11.4. The molecule has 6 heteroatoms. The molecule has 1 aromatic carbocycles. The van der Waals surface area contributed by atoms with Crippen molar-refractivity contribution >= 4 is 17.5 Å². The first kappa shape index (κ1) is 15.8. The van der Waals surface area contributed by atoms with Gasteiger partial charge in [0.2, 0.25) is 5.91 Å². The fourth-order valence-electron chi connectivity index (χ4n) is 1.55. The molecule has 0 saturated heterocycles. The van der Waals surface area contributed by atoms with Crippen molar-refractivity contribution in [2.75, 3.05) is 33.9 Å². The summed E-state index contributed by atoms with van der Waals surface area (Å²) in [5.74, 6) is 0.676. The molecule has 0 radical (unpaired) electrons. The van der Waals surface area contributed by atoms with Crippen LogP contribution in [-0.2, 0) is 16.1 Å². The van der Waals surface area contributed by atoms with Gasteiger partial charge in [-0.1, -0.05) is 11.6 Å². The van der Waals surface area contributed by atoms with Gasteiger partial charge in [0.15, 0.2) is 0 Å². The summed E-state index contributed by atoms with van der Waals surface area (Å²) in [6.45, 7) is 1.77. The number of carbonyl (C=O) groups excluding carboxylic acids is 1. The smallest absolute Gasteiger partial charge is 0.234 e. The van der Waals surface area contributed by atoms with Crippen LogP contribution in [0.2, 0.25) is 5.02 Å². The summed E-state index contributed by atoms with van der Waals surface area (Å²) < 4.78 is 10.1. The molecule has 0 aliphatic carbocycles. The van der Waals surface area contributed by atoms with Crippen LogP contribution in [-0.4, -0.2) is 39.8 Å². The summed E-state index contributed by atoms with van der Waals surface area (Å²) in [4.78, 5) is 11.4. The van der Waals surface area contributed by atoms with Gasteiger partial charge in [-0.25, -0.2) is 0 Å². The maximum Gasteiger partial charge on any atom is 0.234 e. The summed E-state index contributed by atoms with van der Waals surface area (Å²) in [6.07, 6.45) is 0. The fraction of sp³-hybridized carbons (Fsp3) is 0.462. The Morgan fingerprint density at radius 2 is 2.16 bits per heavy atom. The van der Waals surface area contributed by atoms with E-state index >= 15 is 0 Å². The number of amides is 1. The Bertz CT molecular complexity index is 413. The number of ether oxygens (including phenoxy) is 2. The number of carbonyl (C=O) groups is 1. The van der Waals surface area contributed by atoms with Crippen molar-refractivity contribution in [1.82, 2.24) is 10.6 Å². The summed E-state index contributed by atoms with van der Waals surface area (Å²) in [5, 5.41) is 6.41. The summed E-state index contributed by atoms with van der Waals surface area (Å²) >= 11 is 5.92. The number of nitrogens with one attached hydrogen (secondary N) is 2. The van der Waals surface area contributed by atoms with Gasteiger partial charge in [-0.15, -0.1) is 0 Å². The second kappa shape index (κ2) is 8.74. The maximum atomic E-state index is 11.4. The lowest BCUT2D eigenvalue weighted by molar-refractivity contribution is -0.120. The average Bonchev–Trinajstić information content (AvgIpc) is 2.39. The first-order valence-electron chi connectivity index (χ1n) is 5.96. The lowest BCUT2D eigenvalue weighted by Gasteiger charge is -2.10. The molecule has 0 spiro atoms. The predicted molar refractivity (Wildman–Crippen MR) is 74.6 cm³/mol. The number of hydrogen-bond donors (Lipinski definition) is 2. The number of halogens is 1. The van der Waals surface area contributed by atoms with Crippen LogP contribution in [0, 0.1) is 0 Å². The molecule has 1 aromatic rings. The minimum atomic E-state index is -0.0713. The number of rotatable bonds is 8. The minimum Gasteiger partial charge on any atom is -0.496 e. The first-order valence-corrected chi connectivity index (χ1v) is 6.34. The zero-order chi connectivity index (χ0) is 14.1. The van der Waals surface area contributed by atoms with E-state index in [-0.39, 0.29) is 12.5 Å². The van der Waals surface area contributed by atoms with Gasteiger partial charge >= 0.3 is 0 Å². The Labute approximate surface area is 118 Å². The lowest BCUT2D eigenvalue weighted by atomic mass is 10.2. The zero-order valence-electron chi connectivity index (χ0n) is 11.2. The Hall–Kier alpha value is -1.30. The standard InChI is InChI=1S/C13H19ClN2O3/c1-18-6-5-16-13(17)9-15-8-10-7-11(14)3-4-12(10)19-2/h3-4,7,15H,5-6,8-9H2,1-2H3,(H,16,17). The molecule has 0 saturated carbocycles. The third-order valence-electron chi connectivity index (χ3n) is 2.47. The highest BCUT2D eigenvalue weighted by molar-refractivity contribution is 6.30. The Balaban J connectivity index is 2.36. The van der Waals surface area contributed by atoms with E-state index in [1.54, 1.807) is 26.4 Å². The van der Waals surface area contributed by atoms with Crippen LogP contribution >= 0.6 is 11.6 Å². The van der Waals surface area contributed by atoms with Gasteiger partial charge in [-0.3, -0.25) is 4.79 Å². The van der Waals surface area contributed by atoms with E-state index in [9.17, 15) is 4.79 Å². The van der Waals surface area contributed by atoms with Crippen LogP contribution in [0.5, 0.6) is 5.75 Å². The highest BCUT2D eigenvalue weighted by Crippen LogP contribution is 2.22. The van der Waals surface area contributed by atoms with Crippen LogP contribution in [0.25, 0.3) is 0 Å². The lowest BCUT2D eigenvalue weighted by Crippen LogP contribution is -2.35. The quantitative estimate of drug-likeness (QED) is 0.705. The Kier molecular flexibility index (Phi) is 7.25. The van der Waals surface area contributed by atoms with E-state index in [0.29, 0.717) is 24.7 Å². The van der Waals surface area contributed by atoms with Crippen LogP contribution < -0.4 is 15.4 Å². The van der Waals surface area contributed by atoms with Gasteiger partial charge in [0.1, 0.15) is 5.75 Å². The van der Waals surface area contributed by atoms with Crippen LogP contribution in [0.1, 0.15) is 5.56 Å². The van der Waals surface area contributed by atoms with Crippen molar-refractivity contribution in [3.8, 4) is 5.75 Å². The Morgan fingerprint density at radius 1 is 1.37 bits per heavy atom. The number of benzene rings is 1. The predicted octanol–water partition coefficient (Wildman–Crippen LogP) is 1.20. The molecular formula is C13H19ClN2O3. The number of hydrogen-bond acceptors (Lipinski definition) is 4. The van der Waals surface area contributed by atoms with E-state index in [2.05, 4.69) is 10.6 Å². The highest BCUT2D eigenvalue weighted by atomic mass is 35.5. The van der Waals surface area contributed by atoms with Crippen molar-refractivity contribution < 1.29 is 14.3 Å². The van der Waals surface area contributed by atoms with Gasteiger partial charge in [0, 0.05) is 30.8 Å². The largest absolute Gasteiger partial charge is 0.496 e. The fourth-order valence-corrected chi connectivity index (χ4v) is 1.75. The molecule has 0 fully saturated rings. The van der Waals surface area contributed by atoms with Crippen LogP contribution in [0.15, 0.2) is 18.2 Å². The van der Waals surface area contributed by atoms with E-state index < -0.39 is 0 Å². The van der Waals surface area contributed by atoms with Crippen molar-refractivity contribution in [2.45, 2.75) is 6.54 Å². The molecule has 0 bridgehead atoms. The summed E-state index contributed by atoms with van der Waals surface area (Å²) in [5.41, 5.74) is 0.916. The number of methoxy groups -OCH3 is 2. The van der Waals surface area contributed by atoms with Crippen molar-refractivity contribution in [1.29, 1.82) is 0 Å². The van der Waals surface area contributed by atoms with E-state index in [1.165, 1.54) is 0 Å². The molecule has 1 rings (SSSR count). The zero-order valence-corrected chi connectivity index (χ0v) is 11.9. The monoisotopic (exact) mass is 286 g/mol. The van der Waals surface area contributed by atoms with E-state index in [4.69, 9.17) is 21.1 Å². The average molecular weight is 287 g/mol. The van der Waals surface area contributed by atoms with Crippen molar-refractivity contribution in [3.63, 3.8) is 0 Å². The first-order chi connectivity index (χ1) is 9.17. The Morgan fingerprint density at radius 3 is 2.84 bits per heavy atom. The third-order valence-corrected chi connectivity index (χ3v) is 2.71. The molecule has 0 aliphatic rings. The summed E-state index contributed by atoms with van der Waals surface area (Å²) in [6, 6.07) is 5.38. The van der Waals surface area contributed by atoms with Gasteiger partial charge < -0.3 is 20.1 Å². The molecule has 2 N–H and O–H groups in total. The molecule has 0 aromatic heterocycles. The molecular weight excluding hydrogens is 268 g/mol.